The van der Waals surface area contributed by atoms with Gasteiger partial charge in [-0.15, -0.1) is 0 Å². The second kappa shape index (κ2) is 6.86. The van der Waals surface area contributed by atoms with Crippen molar-refractivity contribution in [2.75, 3.05) is 5.32 Å². The molecule has 2 rings (SSSR count). The molecular formula is C20H25NO2. The Balaban J connectivity index is 2.15. The van der Waals surface area contributed by atoms with Gasteiger partial charge in [0, 0.05) is 5.69 Å². The predicted octanol–water partition coefficient (Wildman–Crippen LogP) is 4.63. The highest BCUT2D eigenvalue weighted by atomic mass is 16.5. The summed E-state index contributed by atoms with van der Waals surface area (Å²) in [4.78, 5) is 12.5. The molecule has 0 bridgehead atoms. The Morgan fingerprint density at radius 2 is 1.48 bits per heavy atom. The third-order valence-corrected chi connectivity index (χ3v) is 4.00. The molecule has 0 unspecified atom stereocenters. The van der Waals surface area contributed by atoms with Gasteiger partial charge in [-0.1, -0.05) is 35.9 Å². The van der Waals surface area contributed by atoms with Gasteiger partial charge in [0.1, 0.15) is 5.75 Å². The first-order valence-electron chi connectivity index (χ1n) is 7.91. The number of rotatable bonds is 4. The van der Waals surface area contributed by atoms with Gasteiger partial charge < -0.3 is 10.1 Å². The number of amides is 1. The molecule has 0 saturated carbocycles. The molecular weight excluding hydrogens is 286 g/mol. The minimum atomic E-state index is -0.560. The molecule has 0 saturated heterocycles. The highest BCUT2D eigenvalue weighted by Gasteiger charge is 2.18. The second-order valence-electron chi connectivity index (χ2n) is 6.24. The van der Waals surface area contributed by atoms with Crippen molar-refractivity contribution in [1.29, 1.82) is 0 Å². The van der Waals surface area contributed by atoms with Crippen LogP contribution < -0.4 is 10.1 Å². The minimum Gasteiger partial charge on any atom is -0.480 e. The quantitative estimate of drug-likeness (QED) is 0.893. The van der Waals surface area contributed by atoms with E-state index in [1.807, 2.05) is 45.9 Å². The molecule has 23 heavy (non-hydrogen) atoms. The van der Waals surface area contributed by atoms with Gasteiger partial charge in [-0.3, -0.25) is 4.79 Å². The Labute approximate surface area is 138 Å². The molecule has 0 aliphatic rings. The molecule has 0 aliphatic carbocycles. The summed E-state index contributed by atoms with van der Waals surface area (Å²) in [5.41, 5.74) is 6.26. The van der Waals surface area contributed by atoms with Crippen molar-refractivity contribution in [2.24, 2.45) is 0 Å². The number of carbonyl (C=O) groups is 1. The van der Waals surface area contributed by atoms with Gasteiger partial charge in [0.05, 0.1) is 0 Å². The lowest BCUT2D eigenvalue weighted by Crippen LogP contribution is -2.31. The topological polar surface area (TPSA) is 38.3 Å². The minimum absolute atomic E-state index is 0.136. The van der Waals surface area contributed by atoms with Crippen molar-refractivity contribution in [3.05, 3.63) is 58.1 Å². The van der Waals surface area contributed by atoms with E-state index in [0.29, 0.717) is 0 Å². The molecule has 0 heterocycles. The first-order valence-corrected chi connectivity index (χ1v) is 7.91. The fraction of sp³-hybridized carbons (Fsp3) is 0.350. The highest BCUT2D eigenvalue weighted by molar-refractivity contribution is 5.95. The van der Waals surface area contributed by atoms with Crippen molar-refractivity contribution in [3.8, 4) is 5.75 Å². The summed E-state index contributed by atoms with van der Waals surface area (Å²) >= 11 is 0. The van der Waals surface area contributed by atoms with Gasteiger partial charge in [-0.2, -0.15) is 0 Å². The van der Waals surface area contributed by atoms with E-state index in [0.717, 1.165) is 33.7 Å². The number of anilines is 1. The maximum atomic E-state index is 12.5. The van der Waals surface area contributed by atoms with Crippen LogP contribution in [0.2, 0.25) is 0 Å². The second-order valence-corrected chi connectivity index (χ2v) is 6.24. The van der Waals surface area contributed by atoms with Crippen LogP contribution in [0.1, 0.15) is 34.7 Å². The molecule has 3 nitrogen and oxygen atoms in total. The molecule has 2 aromatic carbocycles. The number of para-hydroxylation sites is 1. The van der Waals surface area contributed by atoms with Crippen LogP contribution in [0.4, 0.5) is 5.69 Å². The van der Waals surface area contributed by atoms with Crippen LogP contribution in [-0.2, 0) is 4.79 Å². The Morgan fingerprint density at radius 3 is 2.00 bits per heavy atom. The number of ether oxygens (including phenoxy) is 1. The van der Waals surface area contributed by atoms with Gasteiger partial charge >= 0.3 is 0 Å². The van der Waals surface area contributed by atoms with Gasteiger partial charge in [-0.05, 0) is 63.8 Å². The standard InChI is InChI=1S/C20H25NO2/c1-12-10-15(4)18(16(5)11-12)21-20(22)17(6)23-19-13(2)8-7-9-14(19)3/h7-11,17H,1-6H3,(H,21,22)/t17-/m0/s1. The monoisotopic (exact) mass is 311 g/mol. The number of hydrogen-bond donors (Lipinski definition) is 1. The average molecular weight is 311 g/mol. The summed E-state index contributed by atoms with van der Waals surface area (Å²) in [6.45, 7) is 11.8. The Morgan fingerprint density at radius 1 is 0.957 bits per heavy atom. The van der Waals surface area contributed by atoms with Crippen molar-refractivity contribution in [2.45, 2.75) is 47.6 Å². The molecule has 0 aromatic heterocycles. The number of nitrogens with one attached hydrogen (secondary N) is 1. The lowest BCUT2D eigenvalue weighted by atomic mass is 10.0. The zero-order chi connectivity index (χ0) is 17.1. The van der Waals surface area contributed by atoms with Gasteiger partial charge in [0.25, 0.3) is 5.91 Å². The Bertz CT molecular complexity index is 691. The zero-order valence-corrected chi connectivity index (χ0v) is 14.8. The third kappa shape index (κ3) is 3.92. The molecule has 3 heteroatoms. The summed E-state index contributed by atoms with van der Waals surface area (Å²) in [6, 6.07) is 10.1. The molecule has 2 aromatic rings. The first-order chi connectivity index (χ1) is 10.8. The highest BCUT2D eigenvalue weighted by Crippen LogP contribution is 2.25. The summed E-state index contributed by atoms with van der Waals surface area (Å²) in [6.07, 6.45) is -0.560. The maximum Gasteiger partial charge on any atom is 0.265 e. The SMILES string of the molecule is Cc1cc(C)c(NC(=O)[C@H](C)Oc2c(C)cccc2C)c(C)c1. The third-order valence-electron chi connectivity index (χ3n) is 4.00. The molecule has 1 amide bonds. The van der Waals surface area contributed by atoms with Crippen molar-refractivity contribution in [1.82, 2.24) is 0 Å². The fourth-order valence-corrected chi connectivity index (χ4v) is 2.82. The molecule has 1 N–H and O–H groups in total. The molecule has 0 aliphatic heterocycles. The van der Waals surface area contributed by atoms with E-state index in [1.165, 1.54) is 5.56 Å². The van der Waals surface area contributed by atoms with Gasteiger partial charge in [0.2, 0.25) is 0 Å². The normalized spacial score (nSPS) is 11.9. The number of benzene rings is 2. The molecule has 122 valence electrons. The van der Waals surface area contributed by atoms with E-state index < -0.39 is 6.10 Å². The Hall–Kier alpha value is -2.29. The van der Waals surface area contributed by atoms with Crippen LogP contribution >= 0.6 is 0 Å². The Kier molecular flexibility index (Phi) is 5.09. The smallest absolute Gasteiger partial charge is 0.265 e. The van der Waals surface area contributed by atoms with Gasteiger partial charge in [0.15, 0.2) is 6.10 Å². The fourth-order valence-electron chi connectivity index (χ4n) is 2.82. The molecule has 0 radical (unpaired) electrons. The van der Waals surface area contributed by atoms with Crippen molar-refractivity contribution < 1.29 is 9.53 Å². The number of hydrogen-bond acceptors (Lipinski definition) is 2. The van der Waals surface area contributed by atoms with Crippen LogP contribution in [0.3, 0.4) is 0 Å². The predicted molar refractivity (Wildman–Crippen MR) is 95.3 cm³/mol. The average Bonchev–Trinajstić information content (AvgIpc) is 2.46. The van der Waals surface area contributed by atoms with Crippen LogP contribution in [0.5, 0.6) is 5.75 Å². The lowest BCUT2D eigenvalue weighted by molar-refractivity contribution is -0.122. The largest absolute Gasteiger partial charge is 0.480 e. The van der Waals surface area contributed by atoms with E-state index in [-0.39, 0.29) is 5.91 Å². The van der Waals surface area contributed by atoms with Crippen LogP contribution in [0.25, 0.3) is 0 Å². The summed E-state index contributed by atoms with van der Waals surface area (Å²) in [5, 5.41) is 3.00. The summed E-state index contributed by atoms with van der Waals surface area (Å²) in [5.74, 6) is 0.648. The van der Waals surface area contributed by atoms with E-state index in [1.54, 1.807) is 6.92 Å². The van der Waals surface area contributed by atoms with Crippen LogP contribution in [0, 0.1) is 34.6 Å². The van der Waals surface area contributed by atoms with Crippen LogP contribution in [0.15, 0.2) is 30.3 Å². The molecule has 0 fully saturated rings. The van der Waals surface area contributed by atoms with Crippen molar-refractivity contribution in [3.63, 3.8) is 0 Å². The van der Waals surface area contributed by atoms with E-state index in [2.05, 4.69) is 24.4 Å². The van der Waals surface area contributed by atoms with Crippen molar-refractivity contribution >= 4 is 11.6 Å². The van der Waals surface area contributed by atoms with E-state index >= 15 is 0 Å². The van der Waals surface area contributed by atoms with Gasteiger partial charge in [-0.25, -0.2) is 0 Å². The van der Waals surface area contributed by atoms with E-state index in [9.17, 15) is 4.79 Å². The summed E-state index contributed by atoms with van der Waals surface area (Å²) in [7, 11) is 0. The maximum absolute atomic E-state index is 12.5. The zero-order valence-electron chi connectivity index (χ0n) is 14.8. The molecule has 1 atom stereocenters. The number of aryl methyl sites for hydroxylation is 5. The summed E-state index contributed by atoms with van der Waals surface area (Å²) < 4.78 is 5.90. The molecule has 0 spiro atoms. The lowest BCUT2D eigenvalue weighted by Gasteiger charge is -2.19. The number of carbonyl (C=O) groups excluding carboxylic acids is 1. The first kappa shape index (κ1) is 17.1. The van der Waals surface area contributed by atoms with E-state index in [4.69, 9.17) is 4.74 Å². The van der Waals surface area contributed by atoms with Crippen LogP contribution in [-0.4, -0.2) is 12.0 Å².